The molecule has 0 radical (unpaired) electrons. The van der Waals surface area contributed by atoms with Crippen molar-refractivity contribution in [3.63, 3.8) is 0 Å². The Morgan fingerprint density at radius 1 is 1.37 bits per heavy atom. The van der Waals surface area contributed by atoms with E-state index in [0.717, 1.165) is 15.3 Å². The van der Waals surface area contributed by atoms with E-state index in [9.17, 15) is 8.42 Å². The van der Waals surface area contributed by atoms with Crippen LogP contribution in [-0.2, 0) is 23.1 Å². The highest BCUT2D eigenvalue weighted by molar-refractivity contribution is 7.89. The van der Waals surface area contributed by atoms with E-state index in [1.165, 1.54) is 15.6 Å². The van der Waals surface area contributed by atoms with Crippen molar-refractivity contribution in [2.45, 2.75) is 24.9 Å². The van der Waals surface area contributed by atoms with Gasteiger partial charge in [0.1, 0.15) is 4.90 Å². The van der Waals surface area contributed by atoms with Gasteiger partial charge in [-0.2, -0.15) is 4.31 Å². The summed E-state index contributed by atoms with van der Waals surface area (Å²) in [6, 6.07) is 3.85. The third-order valence-electron chi connectivity index (χ3n) is 2.80. The minimum Gasteiger partial charge on any atom is -0.326 e. The molecule has 0 aromatic carbocycles. The maximum absolute atomic E-state index is 12.6. The summed E-state index contributed by atoms with van der Waals surface area (Å²) in [5.41, 5.74) is 6.39. The number of hydrogen-bond acceptors (Lipinski definition) is 5. The number of rotatable bonds is 5. The fraction of sp³-hybridized carbons (Fsp3) is 0.333. The van der Waals surface area contributed by atoms with E-state index in [0.29, 0.717) is 11.4 Å². The normalized spacial score (nSPS) is 12.2. The highest BCUT2D eigenvalue weighted by Crippen LogP contribution is 2.29. The van der Waals surface area contributed by atoms with E-state index in [1.54, 1.807) is 18.4 Å². The fourth-order valence-corrected chi connectivity index (χ4v) is 5.47. The van der Waals surface area contributed by atoms with Crippen molar-refractivity contribution in [3.8, 4) is 0 Å². The highest BCUT2D eigenvalue weighted by atomic mass is 32.2. The average Bonchev–Trinajstić information content (AvgIpc) is 2.98. The molecule has 0 saturated carbocycles. The van der Waals surface area contributed by atoms with Gasteiger partial charge in [0.25, 0.3) is 0 Å². The monoisotopic (exact) mass is 316 g/mol. The first kappa shape index (κ1) is 14.7. The van der Waals surface area contributed by atoms with Gasteiger partial charge < -0.3 is 5.73 Å². The van der Waals surface area contributed by atoms with Gasteiger partial charge in [-0.05, 0) is 29.3 Å². The minimum absolute atomic E-state index is 0.250. The Kier molecular flexibility index (Phi) is 4.42. The smallest absolute Gasteiger partial charge is 0.244 e. The zero-order chi connectivity index (χ0) is 14.0. The summed E-state index contributed by atoms with van der Waals surface area (Å²) < 4.78 is 26.6. The third-order valence-corrected chi connectivity index (χ3v) is 6.95. The topological polar surface area (TPSA) is 63.4 Å². The predicted molar refractivity (Wildman–Crippen MR) is 79.9 cm³/mol. The Morgan fingerprint density at radius 3 is 2.68 bits per heavy atom. The van der Waals surface area contributed by atoms with Crippen LogP contribution in [0.5, 0.6) is 0 Å². The summed E-state index contributed by atoms with van der Waals surface area (Å²) in [5.74, 6) is 0. The summed E-state index contributed by atoms with van der Waals surface area (Å²) >= 11 is 2.95. The first-order valence-corrected chi connectivity index (χ1v) is 8.92. The van der Waals surface area contributed by atoms with Gasteiger partial charge in [-0.25, -0.2) is 8.42 Å². The molecule has 0 spiro atoms. The molecule has 0 aliphatic carbocycles. The van der Waals surface area contributed by atoms with Crippen LogP contribution in [0, 0.1) is 6.92 Å². The van der Waals surface area contributed by atoms with Crippen molar-refractivity contribution >= 4 is 32.7 Å². The lowest BCUT2D eigenvalue weighted by Crippen LogP contribution is -2.27. The zero-order valence-electron chi connectivity index (χ0n) is 10.8. The van der Waals surface area contributed by atoms with Crippen LogP contribution < -0.4 is 5.73 Å². The number of nitrogens with two attached hydrogens (primary N) is 1. The van der Waals surface area contributed by atoms with Crippen LogP contribution in [0.15, 0.2) is 27.8 Å². The van der Waals surface area contributed by atoms with Gasteiger partial charge in [-0.15, -0.1) is 22.7 Å². The molecule has 2 aromatic heterocycles. The van der Waals surface area contributed by atoms with Crippen LogP contribution in [0.1, 0.15) is 15.3 Å². The zero-order valence-corrected chi connectivity index (χ0v) is 13.2. The number of thiophene rings is 2. The van der Waals surface area contributed by atoms with E-state index >= 15 is 0 Å². The lowest BCUT2D eigenvalue weighted by Gasteiger charge is -2.17. The summed E-state index contributed by atoms with van der Waals surface area (Å²) in [6.07, 6.45) is 0. The Balaban J connectivity index is 2.33. The van der Waals surface area contributed by atoms with Gasteiger partial charge in [-0.3, -0.25) is 0 Å². The molecule has 0 bridgehead atoms. The predicted octanol–water partition coefficient (Wildman–Crippen LogP) is 2.40. The molecule has 0 aliphatic heterocycles. The Bertz CT molecular complexity index is 645. The van der Waals surface area contributed by atoms with Crippen LogP contribution in [0.25, 0.3) is 0 Å². The average molecular weight is 316 g/mol. The van der Waals surface area contributed by atoms with Crippen molar-refractivity contribution in [2.24, 2.45) is 5.73 Å². The Labute approximate surface area is 121 Å². The summed E-state index contributed by atoms with van der Waals surface area (Å²) in [4.78, 5) is 2.11. The van der Waals surface area contributed by atoms with Crippen LogP contribution in [-0.4, -0.2) is 19.8 Å². The molecule has 0 amide bonds. The van der Waals surface area contributed by atoms with Crippen molar-refractivity contribution in [1.29, 1.82) is 0 Å². The van der Waals surface area contributed by atoms with E-state index in [2.05, 4.69) is 0 Å². The van der Waals surface area contributed by atoms with Crippen molar-refractivity contribution in [1.82, 2.24) is 4.31 Å². The second-order valence-corrected chi connectivity index (χ2v) is 8.19. The van der Waals surface area contributed by atoms with Gasteiger partial charge in [0.05, 0.1) is 0 Å². The molecular weight excluding hydrogens is 300 g/mol. The second-order valence-electron chi connectivity index (χ2n) is 4.22. The van der Waals surface area contributed by atoms with Crippen LogP contribution in [0.4, 0.5) is 0 Å². The molecule has 2 N–H and O–H groups in total. The largest absolute Gasteiger partial charge is 0.326 e. The Morgan fingerprint density at radius 2 is 2.11 bits per heavy atom. The lowest BCUT2D eigenvalue weighted by atomic mass is 10.3. The molecule has 4 nitrogen and oxygen atoms in total. The summed E-state index contributed by atoms with van der Waals surface area (Å²) in [5, 5.41) is 3.78. The van der Waals surface area contributed by atoms with Crippen molar-refractivity contribution in [2.75, 3.05) is 7.05 Å². The van der Waals surface area contributed by atoms with Gasteiger partial charge in [0, 0.05) is 29.9 Å². The first-order chi connectivity index (χ1) is 8.96. The van der Waals surface area contributed by atoms with E-state index < -0.39 is 10.0 Å². The molecule has 19 heavy (non-hydrogen) atoms. The van der Waals surface area contributed by atoms with Crippen LogP contribution in [0.3, 0.4) is 0 Å². The molecule has 0 unspecified atom stereocenters. The van der Waals surface area contributed by atoms with Gasteiger partial charge in [-0.1, -0.05) is 6.07 Å². The van der Waals surface area contributed by atoms with Crippen molar-refractivity contribution < 1.29 is 8.42 Å². The molecule has 7 heteroatoms. The number of aryl methyl sites for hydroxylation is 1. The van der Waals surface area contributed by atoms with Crippen LogP contribution in [0.2, 0.25) is 0 Å². The maximum atomic E-state index is 12.6. The molecule has 0 aliphatic rings. The number of hydrogen-bond donors (Lipinski definition) is 1. The maximum Gasteiger partial charge on any atom is 0.244 e. The molecule has 0 saturated heterocycles. The SMILES string of the molecule is Cc1csc(CN)c1S(=O)(=O)N(C)Cc1cccs1. The summed E-state index contributed by atoms with van der Waals surface area (Å²) in [6.45, 7) is 2.45. The molecule has 104 valence electrons. The molecule has 0 atom stereocenters. The van der Waals surface area contributed by atoms with Gasteiger partial charge in [0.15, 0.2) is 0 Å². The van der Waals surface area contributed by atoms with Gasteiger partial charge in [0.2, 0.25) is 10.0 Å². The fourth-order valence-electron chi connectivity index (χ4n) is 1.84. The highest BCUT2D eigenvalue weighted by Gasteiger charge is 2.27. The first-order valence-electron chi connectivity index (χ1n) is 5.72. The van der Waals surface area contributed by atoms with Gasteiger partial charge >= 0.3 is 0 Å². The quantitative estimate of drug-likeness (QED) is 0.921. The number of nitrogens with zero attached hydrogens (tertiary/aromatic N) is 1. The lowest BCUT2D eigenvalue weighted by molar-refractivity contribution is 0.469. The van der Waals surface area contributed by atoms with Crippen LogP contribution >= 0.6 is 22.7 Å². The Hall–Kier alpha value is -0.730. The van der Waals surface area contributed by atoms with E-state index in [-0.39, 0.29) is 6.54 Å². The molecule has 0 fully saturated rings. The standard InChI is InChI=1S/C12H16N2O2S3/c1-9-8-18-11(6-13)12(9)19(15,16)14(2)7-10-4-3-5-17-10/h3-5,8H,6-7,13H2,1-2H3. The molecule has 2 heterocycles. The molecule has 2 rings (SSSR count). The third kappa shape index (κ3) is 2.90. The molecular formula is C12H16N2O2S3. The number of sulfonamides is 1. The van der Waals surface area contributed by atoms with E-state index in [4.69, 9.17) is 5.73 Å². The van der Waals surface area contributed by atoms with E-state index in [1.807, 2.05) is 29.8 Å². The molecule has 2 aromatic rings. The second kappa shape index (κ2) is 5.72. The summed E-state index contributed by atoms with van der Waals surface area (Å²) in [7, 11) is -1.87. The van der Waals surface area contributed by atoms with Crippen molar-refractivity contribution in [3.05, 3.63) is 38.2 Å². The minimum atomic E-state index is -3.47.